The number of fused-ring (bicyclic) bond motifs is 1. The SMILES string of the molecule is Cc1ccc(CC2(N)CC2)c2c1CCCC2. The maximum absolute atomic E-state index is 6.25. The molecule has 1 nitrogen and oxygen atoms in total. The molecule has 2 N–H and O–H groups in total. The average molecular weight is 215 g/mol. The van der Waals surface area contributed by atoms with Crippen LogP contribution in [0.4, 0.5) is 0 Å². The van der Waals surface area contributed by atoms with E-state index < -0.39 is 0 Å². The van der Waals surface area contributed by atoms with Crippen molar-refractivity contribution in [3.63, 3.8) is 0 Å². The molecule has 1 saturated carbocycles. The van der Waals surface area contributed by atoms with Crippen molar-refractivity contribution in [1.82, 2.24) is 0 Å². The van der Waals surface area contributed by atoms with Gasteiger partial charge in [0.2, 0.25) is 0 Å². The topological polar surface area (TPSA) is 26.0 Å². The van der Waals surface area contributed by atoms with Gasteiger partial charge in [-0.15, -0.1) is 0 Å². The van der Waals surface area contributed by atoms with Crippen molar-refractivity contribution in [2.45, 2.75) is 57.4 Å². The van der Waals surface area contributed by atoms with Crippen LogP contribution in [0.3, 0.4) is 0 Å². The van der Waals surface area contributed by atoms with Crippen LogP contribution in [0.15, 0.2) is 12.1 Å². The molecule has 0 unspecified atom stereocenters. The normalized spacial score (nSPS) is 21.6. The van der Waals surface area contributed by atoms with E-state index in [4.69, 9.17) is 5.73 Å². The maximum atomic E-state index is 6.25. The molecule has 0 heterocycles. The zero-order valence-electron chi connectivity index (χ0n) is 10.2. The van der Waals surface area contributed by atoms with Crippen LogP contribution in [-0.2, 0) is 19.3 Å². The van der Waals surface area contributed by atoms with E-state index in [1.165, 1.54) is 44.1 Å². The Morgan fingerprint density at radius 3 is 2.50 bits per heavy atom. The van der Waals surface area contributed by atoms with E-state index in [2.05, 4.69) is 19.1 Å². The summed E-state index contributed by atoms with van der Waals surface area (Å²) >= 11 is 0. The first-order valence-electron chi connectivity index (χ1n) is 6.57. The first kappa shape index (κ1) is 10.3. The molecule has 0 radical (unpaired) electrons. The van der Waals surface area contributed by atoms with Gasteiger partial charge in [-0.25, -0.2) is 0 Å². The summed E-state index contributed by atoms with van der Waals surface area (Å²) in [5.41, 5.74) is 12.7. The molecule has 3 rings (SSSR count). The fraction of sp³-hybridized carbons (Fsp3) is 0.600. The molecule has 16 heavy (non-hydrogen) atoms. The minimum atomic E-state index is 0.153. The lowest BCUT2D eigenvalue weighted by Crippen LogP contribution is -2.25. The standard InChI is InChI=1S/C15H21N/c1-11-6-7-12(10-15(16)8-9-15)14-5-3-2-4-13(11)14/h6-7H,2-5,8-10,16H2,1H3. The van der Waals surface area contributed by atoms with Crippen molar-refractivity contribution >= 4 is 0 Å². The largest absolute Gasteiger partial charge is 0.325 e. The minimum absolute atomic E-state index is 0.153. The van der Waals surface area contributed by atoms with Crippen LogP contribution in [0.2, 0.25) is 0 Å². The molecule has 2 aliphatic carbocycles. The molecule has 0 bridgehead atoms. The van der Waals surface area contributed by atoms with Gasteiger partial charge >= 0.3 is 0 Å². The molecule has 0 aromatic heterocycles. The smallest absolute Gasteiger partial charge is 0.0196 e. The zero-order chi connectivity index (χ0) is 11.2. The van der Waals surface area contributed by atoms with Crippen LogP contribution < -0.4 is 5.73 Å². The van der Waals surface area contributed by atoms with Crippen LogP contribution >= 0.6 is 0 Å². The lowest BCUT2D eigenvalue weighted by atomic mass is 9.83. The molecule has 1 aromatic rings. The van der Waals surface area contributed by atoms with Gasteiger partial charge in [0.05, 0.1) is 0 Å². The first-order chi connectivity index (χ1) is 7.68. The summed E-state index contributed by atoms with van der Waals surface area (Å²) in [6.07, 6.45) is 8.84. The summed E-state index contributed by atoms with van der Waals surface area (Å²) in [6.45, 7) is 2.25. The van der Waals surface area contributed by atoms with Gasteiger partial charge in [0.1, 0.15) is 0 Å². The summed E-state index contributed by atoms with van der Waals surface area (Å²) in [5.74, 6) is 0. The van der Waals surface area contributed by atoms with Crippen molar-refractivity contribution in [1.29, 1.82) is 0 Å². The van der Waals surface area contributed by atoms with E-state index in [-0.39, 0.29) is 5.54 Å². The highest BCUT2D eigenvalue weighted by atomic mass is 14.8. The molecule has 0 atom stereocenters. The monoisotopic (exact) mass is 215 g/mol. The molecule has 1 fully saturated rings. The zero-order valence-corrected chi connectivity index (χ0v) is 10.2. The molecule has 1 heteroatoms. The van der Waals surface area contributed by atoms with Gasteiger partial charge in [0.15, 0.2) is 0 Å². The summed E-state index contributed by atoms with van der Waals surface area (Å²) in [5, 5.41) is 0. The third kappa shape index (κ3) is 1.78. The Balaban J connectivity index is 1.98. The molecule has 0 spiro atoms. The highest BCUT2D eigenvalue weighted by Crippen LogP contribution is 2.38. The van der Waals surface area contributed by atoms with E-state index >= 15 is 0 Å². The van der Waals surface area contributed by atoms with Gasteiger partial charge in [-0.2, -0.15) is 0 Å². The lowest BCUT2D eigenvalue weighted by molar-refractivity contribution is 0.639. The van der Waals surface area contributed by atoms with Crippen LogP contribution in [0.5, 0.6) is 0 Å². The second kappa shape index (κ2) is 3.59. The second-order valence-corrected chi connectivity index (χ2v) is 5.74. The third-order valence-corrected chi connectivity index (χ3v) is 4.30. The second-order valence-electron chi connectivity index (χ2n) is 5.74. The fourth-order valence-corrected chi connectivity index (χ4v) is 3.00. The Bertz CT molecular complexity index is 416. The summed E-state index contributed by atoms with van der Waals surface area (Å²) in [6, 6.07) is 4.62. The predicted octanol–water partition coefficient (Wildman–Crippen LogP) is 2.91. The number of hydrogen-bond donors (Lipinski definition) is 1. The molecule has 0 amide bonds. The molecular weight excluding hydrogens is 194 g/mol. The molecule has 0 aliphatic heterocycles. The number of hydrogen-bond acceptors (Lipinski definition) is 1. The number of benzene rings is 1. The summed E-state index contributed by atoms with van der Waals surface area (Å²) in [4.78, 5) is 0. The quantitative estimate of drug-likeness (QED) is 0.806. The van der Waals surface area contributed by atoms with E-state index in [0.29, 0.717) is 0 Å². The predicted molar refractivity (Wildman–Crippen MR) is 67.7 cm³/mol. The van der Waals surface area contributed by atoms with Gasteiger partial charge in [0.25, 0.3) is 0 Å². The maximum Gasteiger partial charge on any atom is 0.0196 e. The van der Waals surface area contributed by atoms with Crippen molar-refractivity contribution < 1.29 is 0 Å². The molecular formula is C15H21N. The number of rotatable bonds is 2. The van der Waals surface area contributed by atoms with Gasteiger partial charge in [-0.05, 0) is 74.1 Å². The molecule has 1 aromatic carbocycles. The van der Waals surface area contributed by atoms with Crippen molar-refractivity contribution in [2.75, 3.05) is 0 Å². The van der Waals surface area contributed by atoms with E-state index in [0.717, 1.165) is 6.42 Å². The molecule has 86 valence electrons. The van der Waals surface area contributed by atoms with E-state index in [1.807, 2.05) is 0 Å². The Morgan fingerprint density at radius 2 is 1.81 bits per heavy atom. The highest BCUT2D eigenvalue weighted by Gasteiger charge is 2.38. The van der Waals surface area contributed by atoms with Crippen LogP contribution in [0.25, 0.3) is 0 Å². The fourth-order valence-electron chi connectivity index (χ4n) is 3.00. The third-order valence-electron chi connectivity index (χ3n) is 4.30. The number of nitrogens with two attached hydrogens (primary N) is 1. The van der Waals surface area contributed by atoms with Gasteiger partial charge in [-0.3, -0.25) is 0 Å². The van der Waals surface area contributed by atoms with Crippen LogP contribution in [-0.4, -0.2) is 5.54 Å². The lowest BCUT2D eigenvalue weighted by Gasteiger charge is -2.23. The van der Waals surface area contributed by atoms with Gasteiger partial charge < -0.3 is 5.73 Å². The van der Waals surface area contributed by atoms with Crippen molar-refractivity contribution in [3.8, 4) is 0 Å². The average Bonchev–Trinajstić information content (AvgIpc) is 3.01. The Labute approximate surface area is 98.0 Å². The Morgan fingerprint density at radius 1 is 1.12 bits per heavy atom. The Kier molecular flexibility index (Phi) is 2.32. The van der Waals surface area contributed by atoms with Crippen LogP contribution in [0, 0.1) is 6.92 Å². The highest BCUT2D eigenvalue weighted by molar-refractivity contribution is 5.43. The van der Waals surface area contributed by atoms with Crippen LogP contribution in [0.1, 0.15) is 47.9 Å². The molecule has 2 aliphatic rings. The summed E-state index contributed by atoms with van der Waals surface area (Å²) < 4.78 is 0. The first-order valence-corrected chi connectivity index (χ1v) is 6.57. The van der Waals surface area contributed by atoms with Crippen molar-refractivity contribution in [3.05, 3.63) is 34.4 Å². The minimum Gasteiger partial charge on any atom is -0.325 e. The van der Waals surface area contributed by atoms with E-state index in [9.17, 15) is 0 Å². The number of aryl methyl sites for hydroxylation is 1. The van der Waals surface area contributed by atoms with Gasteiger partial charge in [0, 0.05) is 5.54 Å². The molecule has 0 saturated heterocycles. The van der Waals surface area contributed by atoms with E-state index in [1.54, 1.807) is 16.7 Å². The Hall–Kier alpha value is -0.820. The van der Waals surface area contributed by atoms with Gasteiger partial charge in [-0.1, -0.05) is 12.1 Å². The summed E-state index contributed by atoms with van der Waals surface area (Å²) in [7, 11) is 0. The van der Waals surface area contributed by atoms with Crippen molar-refractivity contribution in [2.24, 2.45) is 5.73 Å².